The molecule has 1 aliphatic heterocycles. The summed E-state index contributed by atoms with van der Waals surface area (Å²) in [5.41, 5.74) is 0. The van der Waals surface area contributed by atoms with Crippen LogP contribution in [0.4, 0.5) is 9.93 Å². The third kappa shape index (κ3) is 2.64. The van der Waals surface area contributed by atoms with Crippen molar-refractivity contribution >= 4 is 22.5 Å². The van der Waals surface area contributed by atoms with Gasteiger partial charge in [0.05, 0.1) is 6.54 Å². The average Bonchev–Trinajstić information content (AvgIpc) is 3.10. The molecule has 1 unspecified atom stereocenters. The summed E-state index contributed by atoms with van der Waals surface area (Å²) in [6.07, 6.45) is 4.72. The molecule has 2 amide bonds. The average molecular weight is 296 g/mol. The van der Waals surface area contributed by atoms with Crippen molar-refractivity contribution in [1.29, 1.82) is 0 Å². The molecule has 3 rings (SSSR count). The summed E-state index contributed by atoms with van der Waals surface area (Å²) >= 11 is 1.43. The molecule has 1 saturated heterocycles. The van der Waals surface area contributed by atoms with Crippen molar-refractivity contribution in [1.82, 2.24) is 15.1 Å². The Morgan fingerprint density at radius 1 is 1.35 bits per heavy atom. The topological polar surface area (TPSA) is 69.6 Å². The first kappa shape index (κ1) is 13.8. The molecular weight excluding hydrogens is 276 g/mol. The highest BCUT2D eigenvalue weighted by Crippen LogP contribution is 2.43. The van der Waals surface area contributed by atoms with Crippen molar-refractivity contribution in [2.75, 3.05) is 18.0 Å². The molecule has 2 aliphatic rings. The number of unbranched alkanes of at least 4 members (excludes halogenated alkanes) is 2. The van der Waals surface area contributed by atoms with Gasteiger partial charge in [0.2, 0.25) is 5.13 Å². The van der Waals surface area contributed by atoms with E-state index in [4.69, 9.17) is 0 Å². The number of β-amino-alcohol motifs (C(OH)–C–C–N with tert-alkyl or cyclic N) is 1. The molecule has 1 aliphatic carbocycles. The Kier molecular flexibility index (Phi) is 3.89. The lowest BCUT2D eigenvalue weighted by molar-refractivity contribution is 0.176. The first-order valence-corrected chi connectivity index (χ1v) is 8.12. The summed E-state index contributed by atoms with van der Waals surface area (Å²) in [4.78, 5) is 15.4. The second kappa shape index (κ2) is 5.65. The number of hydrogen-bond acceptors (Lipinski definition) is 5. The monoisotopic (exact) mass is 296 g/mol. The predicted molar refractivity (Wildman–Crippen MR) is 76.9 cm³/mol. The summed E-state index contributed by atoms with van der Waals surface area (Å²) in [5.74, 6) is 0.525. The number of aliphatic hydroxyl groups excluding tert-OH is 1. The van der Waals surface area contributed by atoms with Crippen LogP contribution in [0.2, 0.25) is 0 Å². The fourth-order valence-electron chi connectivity index (χ4n) is 2.40. The van der Waals surface area contributed by atoms with Crippen LogP contribution < -0.4 is 4.90 Å². The lowest BCUT2D eigenvalue weighted by Gasteiger charge is -2.16. The van der Waals surface area contributed by atoms with E-state index >= 15 is 0 Å². The number of rotatable bonds is 6. The van der Waals surface area contributed by atoms with Gasteiger partial charge in [0, 0.05) is 12.5 Å². The standard InChI is InChI=1S/C13H20N4O2S/c1-2-3-4-7-16-8-10(18)17(13(16)19)12-15-14-11(20-12)9-5-6-9/h9-10,18H,2-8H2,1H3. The van der Waals surface area contributed by atoms with Gasteiger partial charge >= 0.3 is 6.03 Å². The van der Waals surface area contributed by atoms with E-state index in [0.717, 1.165) is 37.1 Å². The zero-order chi connectivity index (χ0) is 14.1. The van der Waals surface area contributed by atoms with E-state index in [2.05, 4.69) is 17.1 Å². The predicted octanol–water partition coefficient (Wildman–Crippen LogP) is 2.17. The minimum absolute atomic E-state index is 0.146. The smallest absolute Gasteiger partial charge is 0.328 e. The number of aromatic nitrogens is 2. The van der Waals surface area contributed by atoms with Crippen LogP contribution in [-0.2, 0) is 0 Å². The van der Waals surface area contributed by atoms with Crippen LogP contribution in [0.5, 0.6) is 0 Å². The maximum Gasteiger partial charge on any atom is 0.328 e. The van der Waals surface area contributed by atoms with Gasteiger partial charge in [-0.25, -0.2) is 9.69 Å². The molecule has 1 N–H and O–H groups in total. The van der Waals surface area contributed by atoms with E-state index in [0.29, 0.717) is 24.1 Å². The molecular formula is C13H20N4O2S. The largest absolute Gasteiger partial charge is 0.371 e. The Morgan fingerprint density at radius 3 is 2.85 bits per heavy atom. The lowest BCUT2D eigenvalue weighted by atomic mass is 10.2. The third-order valence-electron chi connectivity index (χ3n) is 3.75. The first-order chi connectivity index (χ1) is 9.70. The van der Waals surface area contributed by atoms with Crippen LogP contribution in [0, 0.1) is 0 Å². The van der Waals surface area contributed by atoms with Gasteiger partial charge < -0.3 is 10.0 Å². The Balaban J connectivity index is 1.67. The van der Waals surface area contributed by atoms with E-state index in [-0.39, 0.29) is 6.03 Å². The molecule has 2 fully saturated rings. The molecule has 110 valence electrons. The second-order valence-corrected chi connectivity index (χ2v) is 6.47. The molecule has 6 nitrogen and oxygen atoms in total. The maximum absolute atomic E-state index is 12.3. The Bertz CT molecular complexity index is 488. The number of nitrogens with zero attached hydrogens (tertiary/aromatic N) is 4. The van der Waals surface area contributed by atoms with Crippen molar-refractivity contribution in [3.63, 3.8) is 0 Å². The number of aliphatic hydroxyl groups is 1. The summed E-state index contributed by atoms with van der Waals surface area (Å²) in [6.45, 7) is 3.20. The number of amides is 2. The number of anilines is 1. The molecule has 7 heteroatoms. The molecule has 1 atom stereocenters. The van der Waals surface area contributed by atoms with Gasteiger partial charge in [-0.1, -0.05) is 31.1 Å². The van der Waals surface area contributed by atoms with E-state index in [1.165, 1.54) is 16.2 Å². The molecule has 1 saturated carbocycles. The van der Waals surface area contributed by atoms with Gasteiger partial charge in [-0.2, -0.15) is 0 Å². The highest BCUT2D eigenvalue weighted by molar-refractivity contribution is 7.15. The molecule has 0 spiro atoms. The van der Waals surface area contributed by atoms with Gasteiger partial charge in [-0.15, -0.1) is 10.2 Å². The zero-order valence-corrected chi connectivity index (χ0v) is 12.5. The summed E-state index contributed by atoms with van der Waals surface area (Å²) < 4.78 is 0. The summed E-state index contributed by atoms with van der Waals surface area (Å²) in [6, 6.07) is -0.146. The van der Waals surface area contributed by atoms with Crippen molar-refractivity contribution in [2.24, 2.45) is 0 Å². The Hall–Kier alpha value is -1.21. The van der Waals surface area contributed by atoms with E-state index in [1.54, 1.807) is 4.90 Å². The minimum Gasteiger partial charge on any atom is -0.371 e. The highest BCUT2D eigenvalue weighted by Gasteiger charge is 2.39. The SMILES string of the molecule is CCCCCN1CC(O)N(c2nnc(C3CC3)s2)C1=O. The number of carbonyl (C=O) groups is 1. The second-order valence-electron chi connectivity index (χ2n) is 5.48. The van der Waals surface area contributed by atoms with Crippen LogP contribution >= 0.6 is 11.3 Å². The normalized spacial score (nSPS) is 22.9. The minimum atomic E-state index is -0.802. The van der Waals surface area contributed by atoms with Gasteiger partial charge in [0.15, 0.2) is 6.23 Å². The number of carbonyl (C=O) groups excluding carboxylic acids is 1. The molecule has 0 radical (unpaired) electrons. The van der Waals surface area contributed by atoms with Gasteiger partial charge in [0.1, 0.15) is 5.01 Å². The maximum atomic E-state index is 12.3. The molecule has 20 heavy (non-hydrogen) atoms. The third-order valence-corrected chi connectivity index (χ3v) is 4.84. The van der Waals surface area contributed by atoms with Crippen LogP contribution in [0.15, 0.2) is 0 Å². The van der Waals surface area contributed by atoms with E-state index in [1.807, 2.05) is 0 Å². The first-order valence-electron chi connectivity index (χ1n) is 7.30. The molecule has 2 heterocycles. The lowest BCUT2D eigenvalue weighted by Crippen LogP contribution is -2.35. The fraction of sp³-hybridized carbons (Fsp3) is 0.769. The van der Waals surface area contributed by atoms with Gasteiger partial charge in [-0.3, -0.25) is 0 Å². The van der Waals surface area contributed by atoms with Crippen LogP contribution in [0.3, 0.4) is 0 Å². The number of hydrogen-bond donors (Lipinski definition) is 1. The molecule has 1 aromatic rings. The highest BCUT2D eigenvalue weighted by atomic mass is 32.1. The van der Waals surface area contributed by atoms with E-state index in [9.17, 15) is 9.90 Å². The molecule has 1 aromatic heterocycles. The fourth-order valence-corrected chi connectivity index (χ4v) is 3.46. The van der Waals surface area contributed by atoms with Gasteiger partial charge in [0.25, 0.3) is 0 Å². The van der Waals surface area contributed by atoms with Crippen LogP contribution in [-0.4, -0.2) is 45.6 Å². The molecule has 0 aromatic carbocycles. The van der Waals surface area contributed by atoms with Crippen molar-refractivity contribution in [3.8, 4) is 0 Å². The van der Waals surface area contributed by atoms with Gasteiger partial charge in [-0.05, 0) is 19.3 Å². The Labute approximate surface area is 122 Å². The zero-order valence-electron chi connectivity index (χ0n) is 11.7. The summed E-state index contributed by atoms with van der Waals surface area (Å²) in [5, 5.41) is 19.8. The van der Waals surface area contributed by atoms with E-state index < -0.39 is 6.23 Å². The number of urea groups is 1. The quantitative estimate of drug-likeness (QED) is 0.817. The van der Waals surface area contributed by atoms with Crippen molar-refractivity contribution < 1.29 is 9.90 Å². The van der Waals surface area contributed by atoms with Crippen LogP contribution in [0.25, 0.3) is 0 Å². The Morgan fingerprint density at radius 2 is 2.15 bits per heavy atom. The van der Waals surface area contributed by atoms with Crippen molar-refractivity contribution in [2.45, 2.75) is 51.2 Å². The van der Waals surface area contributed by atoms with Crippen molar-refractivity contribution in [3.05, 3.63) is 5.01 Å². The summed E-state index contributed by atoms with van der Waals surface area (Å²) in [7, 11) is 0. The van der Waals surface area contributed by atoms with Crippen LogP contribution in [0.1, 0.15) is 50.0 Å². The molecule has 0 bridgehead atoms.